The fourth-order valence-electron chi connectivity index (χ4n) is 2.33. The smallest absolute Gasteiger partial charge is 0.125 e. The number of hydrogen-bond donors (Lipinski definition) is 2. The van der Waals surface area contributed by atoms with Crippen LogP contribution in [0.25, 0.3) is 0 Å². The third kappa shape index (κ3) is 3.72. The van der Waals surface area contributed by atoms with Crippen molar-refractivity contribution in [2.75, 3.05) is 13.2 Å². The highest BCUT2D eigenvalue weighted by atomic mass is 16.5. The van der Waals surface area contributed by atoms with E-state index >= 15 is 0 Å². The van der Waals surface area contributed by atoms with Gasteiger partial charge in [0.05, 0.1) is 12.7 Å². The molecule has 0 radical (unpaired) electrons. The van der Waals surface area contributed by atoms with E-state index in [-0.39, 0.29) is 5.92 Å². The van der Waals surface area contributed by atoms with E-state index in [1.165, 1.54) is 11.1 Å². The number of ether oxygens (including phenoxy) is 1. The number of aliphatic hydroxyl groups is 1. The first-order valence-corrected chi connectivity index (χ1v) is 6.61. The Labute approximate surface area is 110 Å². The summed E-state index contributed by atoms with van der Waals surface area (Å²) in [6.45, 7) is 9.20. The van der Waals surface area contributed by atoms with Crippen molar-refractivity contribution < 1.29 is 9.84 Å². The minimum Gasteiger partial charge on any atom is -0.493 e. The predicted molar refractivity (Wildman–Crippen MR) is 75.2 cm³/mol. The Morgan fingerprint density at radius 2 is 2.00 bits per heavy atom. The zero-order valence-electron chi connectivity index (χ0n) is 11.9. The Morgan fingerprint density at radius 3 is 2.56 bits per heavy atom. The van der Waals surface area contributed by atoms with Crippen LogP contribution in [0.4, 0.5) is 0 Å². The van der Waals surface area contributed by atoms with E-state index in [4.69, 9.17) is 10.5 Å². The first-order valence-electron chi connectivity index (χ1n) is 6.61. The van der Waals surface area contributed by atoms with Gasteiger partial charge < -0.3 is 15.6 Å². The molecule has 0 spiro atoms. The largest absolute Gasteiger partial charge is 0.493 e. The maximum atomic E-state index is 9.68. The number of rotatable bonds is 6. The molecule has 0 saturated carbocycles. The topological polar surface area (TPSA) is 55.5 Å². The fraction of sp³-hybridized carbons (Fsp3) is 0.600. The summed E-state index contributed by atoms with van der Waals surface area (Å²) in [7, 11) is 0. The van der Waals surface area contributed by atoms with E-state index in [9.17, 15) is 5.11 Å². The molecule has 0 amide bonds. The van der Waals surface area contributed by atoms with Gasteiger partial charge in [0.2, 0.25) is 0 Å². The molecule has 0 fully saturated rings. The highest BCUT2D eigenvalue weighted by molar-refractivity contribution is 5.45. The lowest BCUT2D eigenvalue weighted by Crippen LogP contribution is -2.21. The molecule has 0 aliphatic carbocycles. The monoisotopic (exact) mass is 251 g/mol. The number of nitrogens with two attached hydrogens (primary N) is 1. The van der Waals surface area contributed by atoms with Crippen LogP contribution >= 0.6 is 0 Å². The molecule has 3 nitrogen and oxygen atoms in total. The summed E-state index contributed by atoms with van der Waals surface area (Å²) in [6, 6.07) is 4.27. The summed E-state index contributed by atoms with van der Waals surface area (Å²) in [4.78, 5) is 0. The molecule has 1 aromatic rings. The molecule has 0 bridgehead atoms. The van der Waals surface area contributed by atoms with Crippen molar-refractivity contribution in [3.63, 3.8) is 0 Å². The van der Waals surface area contributed by atoms with Gasteiger partial charge in [-0.15, -0.1) is 0 Å². The van der Waals surface area contributed by atoms with Gasteiger partial charge in [-0.1, -0.05) is 24.6 Å². The highest BCUT2D eigenvalue weighted by Crippen LogP contribution is 2.33. The van der Waals surface area contributed by atoms with Crippen LogP contribution in [0.3, 0.4) is 0 Å². The van der Waals surface area contributed by atoms with E-state index in [0.29, 0.717) is 19.6 Å². The molecule has 1 rings (SSSR count). The minimum atomic E-state index is -0.449. The summed E-state index contributed by atoms with van der Waals surface area (Å²) in [5.41, 5.74) is 9.02. The molecule has 0 aliphatic rings. The molecule has 102 valence electrons. The summed E-state index contributed by atoms with van der Waals surface area (Å²) in [5, 5.41) is 9.68. The summed E-state index contributed by atoms with van der Waals surface area (Å²) in [6.07, 6.45) is 0.217. The molecule has 0 aromatic heterocycles. The number of benzene rings is 1. The standard InChI is InChI=1S/C15H25NO2/c1-5-18-15-12(4)6-10(2)7-14(15)11(3)8-13(17)9-16/h6-7,11,13,17H,5,8-9,16H2,1-4H3. The van der Waals surface area contributed by atoms with E-state index in [1.54, 1.807) is 0 Å². The Balaban J connectivity index is 3.04. The van der Waals surface area contributed by atoms with Crippen molar-refractivity contribution >= 4 is 0 Å². The van der Waals surface area contributed by atoms with E-state index in [2.05, 4.69) is 32.9 Å². The Bertz CT molecular complexity index is 390. The molecule has 0 heterocycles. The van der Waals surface area contributed by atoms with Crippen molar-refractivity contribution in [2.24, 2.45) is 5.73 Å². The molecule has 1 aromatic carbocycles. The third-order valence-electron chi connectivity index (χ3n) is 3.16. The maximum absolute atomic E-state index is 9.68. The van der Waals surface area contributed by atoms with Crippen molar-refractivity contribution in [1.82, 2.24) is 0 Å². The predicted octanol–water partition coefficient (Wildman–Crippen LogP) is 2.52. The Hall–Kier alpha value is -1.06. The van der Waals surface area contributed by atoms with Crippen molar-refractivity contribution in [2.45, 2.75) is 46.1 Å². The molecule has 0 saturated heterocycles. The van der Waals surface area contributed by atoms with E-state index < -0.39 is 6.10 Å². The molecule has 18 heavy (non-hydrogen) atoms. The van der Waals surface area contributed by atoms with E-state index in [0.717, 1.165) is 11.3 Å². The molecule has 3 heteroatoms. The maximum Gasteiger partial charge on any atom is 0.125 e. The van der Waals surface area contributed by atoms with Crippen molar-refractivity contribution in [1.29, 1.82) is 0 Å². The zero-order valence-corrected chi connectivity index (χ0v) is 11.9. The van der Waals surface area contributed by atoms with Crippen molar-refractivity contribution in [3.05, 3.63) is 28.8 Å². The van der Waals surface area contributed by atoms with Crippen LogP contribution in [-0.2, 0) is 0 Å². The summed E-state index contributed by atoms with van der Waals surface area (Å²) in [5.74, 6) is 1.20. The van der Waals surface area contributed by atoms with Crippen LogP contribution in [0.1, 0.15) is 42.9 Å². The van der Waals surface area contributed by atoms with Gasteiger partial charge in [-0.3, -0.25) is 0 Å². The van der Waals surface area contributed by atoms with Crippen LogP contribution in [-0.4, -0.2) is 24.4 Å². The van der Waals surface area contributed by atoms with E-state index in [1.807, 2.05) is 6.92 Å². The molecular weight excluding hydrogens is 226 g/mol. The zero-order chi connectivity index (χ0) is 13.7. The highest BCUT2D eigenvalue weighted by Gasteiger charge is 2.17. The molecule has 2 atom stereocenters. The Morgan fingerprint density at radius 1 is 1.33 bits per heavy atom. The molecule has 2 unspecified atom stereocenters. The van der Waals surface area contributed by atoms with Crippen LogP contribution in [0.5, 0.6) is 5.75 Å². The quantitative estimate of drug-likeness (QED) is 0.817. The minimum absolute atomic E-state index is 0.240. The van der Waals surface area contributed by atoms with Gasteiger partial charge in [0.1, 0.15) is 5.75 Å². The van der Waals surface area contributed by atoms with Crippen LogP contribution in [0, 0.1) is 13.8 Å². The fourth-order valence-corrected chi connectivity index (χ4v) is 2.33. The van der Waals surface area contributed by atoms with Gasteiger partial charge in [-0.25, -0.2) is 0 Å². The van der Waals surface area contributed by atoms with Gasteiger partial charge in [0, 0.05) is 6.54 Å². The lowest BCUT2D eigenvalue weighted by atomic mass is 9.91. The lowest BCUT2D eigenvalue weighted by molar-refractivity contribution is 0.164. The summed E-state index contributed by atoms with van der Waals surface area (Å²) >= 11 is 0. The summed E-state index contributed by atoms with van der Waals surface area (Å²) < 4.78 is 5.75. The average Bonchev–Trinajstić information content (AvgIpc) is 2.32. The van der Waals surface area contributed by atoms with Crippen molar-refractivity contribution in [3.8, 4) is 5.75 Å². The van der Waals surface area contributed by atoms with Crippen LogP contribution in [0.15, 0.2) is 12.1 Å². The third-order valence-corrected chi connectivity index (χ3v) is 3.16. The molecular formula is C15H25NO2. The first kappa shape index (κ1) is 15.0. The van der Waals surface area contributed by atoms with Gasteiger partial charge in [-0.05, 0) is 44.2 Å². The lowest BCUT2D eigenvalue weighted by Gasteiger charge is -2.21. The second kappa shape index (κ2) is 6.76. The SMILES string of the molecule is CCOc1c(C)cc(C)cc1C(C)CC(O)CN. The second-order valence-electron chi connectivity index (χ2n) is 4.96. The van der Waals surface area contributed by atoms with Crippen LogP contribution < -0.4 is 10.5 Å². The molecule has 3 N–H and O–H groups in total. The Kier molecular flexibility index (Phi) is 5.63. The van der Waals surface area contributed by atoms with Gasteiger partial charge in [0.25, 0.3) is 0 Å². The number of hydrogen-bond acceptors (Lipinski definition) is 3. The molecule has 0 aliphatic heterocycles. The van der Waals surface area contributed by atoms with Crippen LogP contribution in [0.2, 0.25) is 0 Å². The number of aryl methyl sites for hydroxylation is 2. The van der Waals surface area contributed by atoms with Gasteiger partial charge in [0.15, 0.2) is 0 Å². The van der Waals surface area contributed by atoms with Gasteiger partial charge in [-0.2, -0.15) is 0 Å². The number of aliphatic hydroxyl groups excluding tert-OH is 1. The average molecular weight is 251 g/mol. The first-order chi connectivity index (χ1) is 8.49. The normalized spacial score (nSPS) is 14.3. The second-order valence-corrected chi connectivity index (χ2v) is 4.96. The van der Waals surface area contributed by atoms with Gasteiger partial charge >= 0.3 is 0 Å².